The minimum atomic E-state index is 0.953. The molecule has 0 aliphatic carbocycles. The van der Waals surface area contributed by atoms with Gasteiger partial charge in [0.05, 0.1) is 11.0 Å². The smallest absolute Gasteiger partial charge is 0.0964 e. The van der Waals surface area contributed by atoms with Crippen LogP contribution in [0.2, 0.25) is 0 Å². The van der Waals surface area contributed by atoms with E-state index < -0.39 is 0 Å². The van der Waals surface area contributed by atoms with Gasteiger partial charge in [-0.2, -0.15) is 0 Å². The summed E-state index contributed by atoms with van der Waals surface area (Å²) in [4.78, 5) is 9.09. The number of pyridine rings is 2. The van der Waals surface area contributed by atoms with Crippen molar-refractivity contribution in [1.82, 2.24) is 9.97 Å². The summed E-state index contributed by atoms with van der Waals surface area (Å²) in [7, 11) is 0. The molecule has 21 heavy (non-hydrogen) atoms. The number of hydrogen-bond donors (Lipinski definition) is 0. The van der Waals surface area contributed by atoms with Crippen LogP contribution in [0.5, 0.6) is 0 Å². The van der Waals surface area contributed by atoms with Crippen LogP contribution in [0, 0.1) is 0 Å². The molecule has 2 aromatic carbocycles. The van der Waals surface area contributed by atoms with Crippen molar-refractivity contribution in [3.63, 3.8) is 0 Å². The van der Waals surface area contributed by atoms with E-state index in [9.17, 15) is 0 Å². The van der Waals surface area contributed by atoms with Crippen molar-refractivity contribution in [3.05, 3.63) is 71.5 Å². The Morgan fingerprint density at radius 2 is 1.48 bits per heavy atom. The summed E-state index contributed by atoms with van der Waals surface area (Å²) in [6.07, 6.45) is 3.73. The van der Waals surface area contributed by atoms with Crippen molar-refractivity contribution >= 4 is 37.7 Å². The van der Waals surface area contributed by atoms with Crippen LogP contribution in [-0.2, 0) is 0 Å². The van der Waals surface area contributed by atoms with Crippen molar-refractivity contribution in [3.8, 4) is 11.1 Å². The molecule has 0 saturated carbocycles. The van der Waals surface area contributed by atoms with E-state index in [0.29, 0.717) is 0 Å². The highest BCUT2D eigenvalue weighted by Gasteiger charge is 2.05. The molecule has 100 valence electrons. The lowest BCUT2D eigenvalue weighted by molar-refractivity contribution is 1.37. The van der Waals surface area contributed by atoms with Crippen molar-refractivity contribution in [2.75, 3.05) is 0 Å². The Hall–Kier alpha value is -2.26. The molecule has 0 atom stereocenters. The van der Waals surface area contributed by atoms with Gasteiger partial charge in [-0.1, -0.05) is 46.3 Å². The summed E-state index contributed by atoms with van der Waals surface area (Å²) >= 11 is 3.46. The molecule has 0 radical (unpaired) electrons. The summed E-state index contributed by atoms with van der Waals surface area (Å²) in [5.41, 5.74) is 4.19. The second-order valence-electron chi connectivity index (χ2n) is 4.94. The lowest BCUT2D eigenvalue weighted by Crippen LogP contribution is -1.86. The highest BCUT2D eigenvalue weighted by Crippen LogP contribution is 2.27. The van der Waals surface area contributed by atoms with Crippen LogP contribution >= 0.6 is 15.9 Å². The third-order valence-corrected chi connectivity index (χ3v) is 4.13. The minimum Gasteiger partial charge on any atom is -0.254 e. The zero-order valence-electron chi connectivity index (χ0n) is 11.1. The molecule has 0 saturated heterocycles. The fourth-order valence-electron chi connectivity index (χ4n) is 2.54. The molecule has 0 aliphatic heterocycles. The maximum atomic E-state index is 4.63. The van der Waals surface area contributed by atoms with Gasteiger partial charge >= 0.3 is 0 Å². The second-order valence-corrected chi connectivity index (χ2v) is 5.86. The molecule has 0 aliphatic rings. The topological polar surface area (TPSA) is 25.8 Å². The molecule has 2 aromatic heterocycles. The summed E-state index contributed by atoms with van der Waals surface area (Å²) in [6, 6.07) is 18.6. The van der Waals surface area contributed by atoms with Crippen LogP contribution in [0.4, 0.5) is 0 Å². The van der Waals surface area contributed by atoms with Crippen LogP contribution < -0.4 is 0 Å². The third-order valence-electron chi connectivity index (χ3n) is 3.60. The third kappa shape index (κ3) is 2.20. The average Bonchev–Trinajstić information content (AvgIpc) is 2.55. The van der Waals surface area contributed by atoms with E-state index in [1.54, 1.807) is 0 Å². The summed E-state index contributed by atoms with van der Waals surface area (Å²) in [5, 5.41) is 2.23. The zero-order valence-corrected chi connectivity index (χ0v) is 12.7. The highest BCUT2D eigenvalue weighted by atomic mass is 79.9. The van der Waals surface area contributed by atoms with Gasteiger partial charge in [0.15, 0.2) is 0 Å². The SMILES string of the molecule is Brc1ccc(-c2cnc3c(ccc4cccnc43)c2)cc1. The first-order valence-electron chi connectivity index (χ1n) is 6.71. The molecular weight excluding hydrogens is 324 g/mol. The van der Waals surface area contributed by atoms with E-state index in [1.807, 2.05) is 30.6 Å². The highest BCUT2D eigenvalue weighted by molar-refractivity contribution is 9.10. The molecular formula is C18H11BrN2. The van der Waals surface area contributed by atoms with Gasteiger partial charge < -0.3 is 0 Å². The van der Waals surface area contributed by atoms with Crippen LogP contribution in [0.15, 0.2) is 71.5 Å². The predicted molar refractivity (Wildman–Crippen MR) is 90.2 cm³/mol. The fraction of sp³-hybridized carbons (Fsp3) is 0. The van der Waals surface area contributed by atoms with Crippen molar-refractivity contribution < 1.29 is 0 Å². The lowest BCUT2D eigenvalue weighted by Gasteiger charge is -2.06. The van der Waals surface area contributed by atoms with Gasteiger partial charge in [-0.3, -0.25) is 9.97 Å². The number of halogens is 1. The molecule has 0 amide bonds. The Morgan fingerprint density at radius 1 is 0.714 bits per heavy atom. The first-order chi connectivity index (χ1) is 10.3. The molecule has 2 heterocycles. The van der Waals surface area contributed by atoms with E-state index >= 15 is 0 Å². The van der Waals surface area contributed by atoms with Crippen LogP contribution in [-0.4, -0.2) is 9.97 Å². The van der Waals surface area contributed by atoms with E-state index in [0.717, 1.165) is 37.4 Å². The normalized spacial score (nSPS) is 11.1. The summed E-state index contributed by atoms with van der Waals surface area (Å²) < 4.78 is 1.08. The molecule has 0 unspecified atom stereocenters. The number of hydrogen-bond acceptors (Lipinski definition) is 2. The number of fused-ring (bicyclic) bond motifs is 3. The molecule has 0 spiro atoms. The minimum absolute atomic E-state index is 0.953. The van der Waals surface area contributed by atoms with Crippen molar-refractivity contribution in [2.45, 2.75) is 0 Å². The zero-order chi connectivity index (χ0) is 14.2. The Balaban J connectivity index is 1.94. The second kappa shape index (κ2) is 4.93. The van der Waals surface area contributed by atoms with E-state index in [-0.39, 0.29) is 0 Å². The molecule has 0 bridgehead atoms. The van der Waals surface area contributed by atoms with Gasteiger partial charge in [-0.15, -0.1) is 0 Å². The van der Waals surface area contributed by atoms with Crippen molar-refractivity contribution in [2.24, 2.45) is 0 Å². The number of nitrogens with zero attached hydrogens (tertiary/aromatic N) is 2. The molecule has 4 aromatic rings. The molecule has 2 nitrogen and oxygen atoms in total. The maximum absolute atomic E-state index is 4.63. The monoisotopic (exact) mass is 334 g/mol. The molecule has 4 rings (SSSR count). The van der Waals surface area contributed by atoms with Crippen LogP contribution in [0.25, 0.3) is 32.9 Å². The van der Waals surface area contributed by atoms with Gasteiger partial charge in [0, 0.05) is 33.2 Å². The summed E-state index contributed by atoms with van der Waals surface area (Å²) in [6.45, 7) is 0. The first-order valence-corrected chi connectivity index (χ1v) is 7.50. The quantitative estimate of drug-likeness (QED) is 0.446. The number of aromatic nitrogens is 2. The van der Waals surface area contributed by atoms with E-state index in [1.165, 1.54) is 0 Å². The van der Waals surface area contributed by atoms with Gasteiger partial charge in [-0.25, -0.2) is 0 Å². The van der Waals surface area contributed by atoms with Gasteiger partial charge in [-0.05, 0) is 29.8 Å². The Morgan fingerprint density at radius 3 is 2.33 bits per heavy atom. The Labute approximate surface area is 130 Å². The molecule has 3 heteroatoms. The molecule has 0 fully saturated rings. The van der Waals surface area contributed by atoms with Gasteiger partial charge in [0.2, 0.25) is 0 Å². The largest absolute Gasteiger partial charge is 0.254 e. The Bertz CT molecular complexity index is 946. The predicted octanol–water partition coefficient (Wildman–Crippen LogP) is 5.21. The van der Waals surface area contributed by atoms with Gasteiger partial charge in [0.1, 0.15) is 0 Å². The Kier molecular flexibility index (Phi) is 2.93. The van der Waals surface area contributed by atoms with Crippen molar-refractivity contribution in [1.29, 1.82) is 0 Å². The fourth-order valence-corrected chi connectivity index (χ4v) is 2.80. The lowest BCUT2D eigenvalue weighted by atomic mass is 10.0. The van der Waals surface area contributed by atoms with E-state index in [2.05, 4.69) is 62.3 Å². The standard InChI is InChI=1S/C18H11BrN2/c19-16-7-5-12(6-8-16)15-10-14-4-3-13-2-1-9-20-17(13)18(14)21-11-15/h1-11H. The summed E-state index contributed by atoms with van der Waals surface area (Å²) in [5.74, 6) is 0. The van der Waals surface area contributed by atoms with Crippen LogP contribution in [0.3, 0.4) is 0 Å². The average molecular weight is 335 g/mol. The number of rotatable bonds is 1. The molecule has 0 N–H and O–H groups in total. The van der Waals surface area contributed by atoms with Crippen LogP contribution in [0.1, 0.15) is 0 Å². The van der Waals surface area contributed by atoms with Gasteiger partial charge in [0.25, 0.3) is 0 Å². The first kappa shape index (κ1) is 12.5. The number of benzene rings is 2. The maximum Gasteiger partial charge on any atom is 0.0964 e. The van der Waals surface area contributed by atoms with E-state index in [4.69, 9.17) is 0 Å².